The van der Waals surface area contributed by atoms with Crippen LogP contribution in [0.25, 0.3) is 5.53 Å². The van der Waals surface area contributed by atoms with Gasteiger partial charge in [-0.05, 0) is 95.2 Å². The Labute approximate surface area is 308 Å². The first-order valence-electron chi connectivity index (χ1n) is 19.0. The van der Waals surface area contributed by atoms with Gasteiger partial charge in [0.1, 0.15) is 8.07 Å². The second-order valence-corrected chi connectivity index (χ2v) is 19.3. The molecule has 2 saturated heterocycles. The van der Waals surface area contributed by atoms with Gasteiger partial charge in [0.05, 0.1) is 19.8 Å². The average molecular weight is 722 g/mol. The molecule has 3 aromatic carbocycles. The quantitative estimate of drug-likeness (QED) is 0.101. The summed E-state index contributed by atoms with van der Waals surface area (Å²) < 4.78 is 16.5. The van der Waals surface area contributed by atoms with Crippen molar-refractivity contribution in [1.82, 2.24) is 5.32 Å². The number of Topliss-reactive ketones (excluding diaryl/α,β-unsaturated/α-hetero) is 1. The van der Waals surface area contributed by atoms with E-state index in [1.807, 2.05) is 6.07 Å². The monoisotopic (exact) mass is 721 g/mol. The van der Waals surface area contributed by atoms with Crippen molar-refractivity contribution >= 4 is 47.2 Å². The smallest absolute Gasteiger partial charge is 0.358 e. The van der Waals surface area contributed by atoms with E-state index < -0.39 is 13.5 Å². The fraction of sp³-hybridized carbons (Fsp3) is 0.488. The highest BCUT2D eigenvalue weighted by molar-refractivity contribution is 7.01. The van der Waals surface area contributed by atoms with E-state index in [2.05, 4.69) is 69.4 Å². The summed E-state index contributed by atoms with van der Waals surface area (Å²) >= 11 is 0. The van der Waals surface area contributed by atoms with Crippen LogP contribution in [0, 0.1) is 0 Å². The fourth-order valence-electron chi connectivity index (χ4n) is 8.33. The van der Waals surface area contributed by atoms with Gasteiger partial charge in [-0.1, -0.05) is 38.1 Å². The van der Waals surface area contributed by atoms with E-state index in [1.54, 1.807) is 19.2 Å². The molecule has 1 aliphatic carbocycles. The molecule has 0 aromatic heterocycles. The minimum atomic E-state index is -2.33. The van der Waals surface area contributed by atoms with Gasteiger partial charge in [-0.3, -0.25) is 9.59 Å². The van der Waals surface area contributed by atoms with Crippen LogP contribution in [0.3, 0.4) is 0 Å². The fourth-order valence-corrected chi connectivity index (χ4v) is 11.5. The minimum absolute atomic E-state index is 0.0853. The normalized spacial score (nSPS) is 17.6. The second kappa shape index (κ2) is 15.5. The van der Waals surface area contributed by atoms with Gasteiger partial charge in [-0.2, -0.15) is 4.79 Å². The van der Waals surface area contributed by atoms with Crippen molar-refractivity contribution in [3.63, 3.8) is 0 Å². The lowest BCUT2D eigenvalue weighted by Gasteiger charge is -2.44. The first-order valence-corrected chi connectivity index (χ1v) is 22.0. The van der Waals surface area contributed by atoms with Crippen molar-refractivity contribution in [3.05, 3.63) is 87.9 Å². The first kappa shape index (κ1) is 36.2. The number of methoxy groups -OCH3 is 1. The topological polar surface area (TPSA) is 117 Å². The van der Waals surface area contributed by atoms with Gasteiger partial charge >= 0.3 is 5.71 Å². The lowest BCUT2D eigenvalue weighted by atomic mass is 9.68. The molecular weight excluding hydrogens is 671 g/mol. The van der Waals surface area contributed by atoms with E-state index in [0.717, 1.165) is 69.6 Å². The molecule has 2 fully saturated rings. The van der Waals surface area contributed by atoms with Crippen LogP contribution in [0.4, 0.5) is 11.4 Å². The van der Waals surface area contributed by atoms with Crippen LogP contribution in [0.1, 0.15) is 75.9 Å². The Balaban J connectivity index is 1.14. The van der Waals surface area contributed by atoms with Crippen LogP contribution in [0.2, 0.25) is 13.1 Å². The number of unbranched alkanes of at least 4 members (excludes halogenated alkanes) is 3. The largest absolute Gasteiger partial charge is 0.385 e. The molecule has 0 atom stereocenters. The predicted octanol–water partition coefficient (Wildman–Crippen LogP) is 4.41. The first-order chi connectivity index (χ1) is 25.3. The SMILES string of the molecule is COCCCCCCOCCOCCNC(=O)c1ccc2c(c1)C1(C(=[N+]=[N-])C2=O)c2ccc(N3CCC3)cc2[Si](C)(C)c2cc(N3CCC3)ccc21. The zero-order valence-corrected chi connectivity index (χ0v) is 31.8. The standard InChI is InChI=1S/C41H51N5O5Si/c1-49-21-6-4-5-7-22-50-24-25-51-23-16-43-40(48)29-10-13-32-35(26-29)41(39(44-42)38(32)47)33-14-11-30(45-17-8-18-45)27-36(33)52(2,3)37-28-31(12-15-34(37)41)46-19-9-20-46/h10-15,26-28H,4-9,16-25H2,1-3H3,(H,43,48). The van der Waals surface area contributed by atoms with E-state index in [9.17, 15) is 15.1 Å². The maximum Gasteiger partial charge on any atom is 0.358 e. The van der Waals surface area contributed by atoms with Crippen molar-refractivity contribution in [2.45, 2.75) is 57.0 Å². The molecule has 10 nitrogen and oxygen atoms in total. The molecule has 274 valence electrons. The van der Waals surface area contributed by atoms with E-state index in [-0.39, 0.29) is 17.4 Å². The highest BCUT2D eigenvalue weighted by Gasteiger charge is 2.63. The van der Waals surface area contributed by atoms with E-state index in [4.69, 9.17) is 14.2 Å². The maximum atomic E-state index is 14.2. The summed E-state index contributed by atoms with van der Waals surface area (Å²) in [6.45, 7) is 12.1. The zero-order valence-electron chi connectivity index (χ0n) is 30.8. The number of amides is 1. The highest BCUT2D eigenvalue weighted by atomic mass is 28.3. The second-order valence-electron chi connectivity index (χ2n) is 14.9. The lowest BCUT2D eigenvalue weighted by Crippen LogP contribution is -2.65. The van der Waals surface area contributed by atoms with Crippen LogP contribution < -0.4 is 25.5 Å². The van der Waals surface area contributed by atoms with Gasteiger partial charge in [0.2, 0.25) is 0 Å². The summed E-state index contributed by atoms with van der Waals surface area (Å²) in [5.41, 5.74) is 15.5. The molecule has 0 unspecified atom stereocenters. The molecule has 3 aliphatic heterocycles. The summed E-state index contributed by atoms with van der Waals surface area (Å²) in [6.07, 6.45) is 6.72. The summed E-state index contributed by atoms with van der Waals surface area (Å²) in [7, 11) is -0.603. The average Bonchev–Trinajstić information content (AvgIpc) is 3.35. The molecule has 3 aromatic rings. The van der Waals surface area contributed by atoms with Crippen LogP contribution in [-0.4, -0.2) is 103 Å². The maximum absolute atomic E-state index is 14.2. The van der Waals surface area contributed by atoms with E-state index >= 15 is 0 Å². The molecule has 52 heavy (non-hydrogen) atoms. The van der Waals surface area contributed by atoms with Crippen LogP contribution in [0.15, 0.2) is 54.6 Å². The Bertz CT molecular complexity index is 1810. The number of carbonyl (C=O) groups is 2. The number of benzene rings is 3. The van der Waals surface area contributed by atoms with Crippen molar-refractivity contribution in [1.29, 1.82) is 0 Å². The Morgan fingerprint density at radius 2 is 1.38 bits per heavy atom. The molecule has 0 bridgehead atoms. The Hall–Kier alpha value is -4.12. The summed E-state index contributed by atoms with van der Waals surface area (Å²) in [5, 5.41) is 5.44. The van der Waals surface area contributed by atoms with Crippen molar-refractivity contribution in [2.24, 2.45) is 0 Å². The highest BCUT2D eigenvalue weighted by Crippen LogP contribution is 2.49. The third-order valence-corrected chi connectivity index (χ3v) is 15.0. The van der Waals surface area contributed by atoms with Gasteiger partial charge < -0.3 is 34.9 Å². The number of nitrogens with zero attached hydrogens (tertiary/aromatic N) is 4. The number of rotatable bonds is 16. The van der Waals surface area contributed by atoms with Gasteiger partial charge in [-0.25, -0.2) is 0 Å². The third kappa shape index (κ3) is 6.43. The minimum Gasteiger partial charge on any atom is -0.385 e. The number of carbonyl (C=O) groups excluding carboxylic acids is 2. The number of hydrogen-bond donors (Lipinski definition) is 1. The number of hydrogen-bond acceptors (Lipinski definition) is 7. The molecule has 1 amide bonds. The number of fused-ring (bicyclic) bond motifs is 6. The Morgan fingerprint density at radius 1 is 0.788 bits per heavy atom. The van der Waals surface area contributed by atoms with Gasteiger partial charge in [0.15, 0.2) is 5.41 Å². The van der Waals surface area contributed by atoms with Crippen molar-refractivity contribution in [2.75, 3.05) is 82.7 Å². The predicted molar refractivity (Wildman–Crippen MR) is 207 cm³/mol. The molecular formula is C41H51N5O5Si. The van der Waals surface area contributed by atoms with Gasteiger partial charge in [0, 0.05) is 75.5 Å². The molecule has 1 spiro atoms. The van der Waals surface area contributed by atoms with Gasteiger partial charge in [-0.15, -0.1) is 0 Å². The molecule has 11 heteroatoms. The molecule has 1 N–H and O–H groups in total. The molecule has 4 aliphatic rings. The van der Waals surface area contributed by atoms with Crippen LogP contribution in [-0.2, 0) is 19.6 Å². The van der Waals surface area contributed by atoms with Crippen LogP contribution in [0.5, 0.6) is 0 Å². The van der Waals surface area contributed by atoms with Crippen LogP contribution >= 0.6 is 0 Å². The summed E-state index contributed by atoms with van der Waals surface area (Å²) in [6, 6.07) is 18.5. The van der Waals surface area contributed by atoms with E-state index in [0.29, 0.717) is 49.7 Å². The summed E-state index contributed by atoms with van der Waals surface area (Å²) in [4.78, 5) is 36.4. The summed E-state index contributed by atoms with van der Waals surface area (Å²) in [5.74, 6) is -0.566. The number of ketones is 1. The van der Waals surface area contributed by atoms with Crippen molar-refractivity contribution < 1.29 is 28.6 Å². The van der Waals surface area contributed by atoms with Gasteiger partial charge in [0.25, 0.3) is 11.7 Å². The third-order valence-electron chi connectivity index (χ3n) is 11.5. The lowest BCUT2D eigenvalue weighted by molar-refractivity contribution is -0.0115. The zero-order chi connectivity index (χ0) is 36.3. The van der Waals surface area contributed by atoms with Crippen molar-refractivity contribution in [3.8, 4) is 0 Å². The molecule has 0 saturated carbocycles. The number of ether oxygens (including phenoxy) is 3. The van der Waals surface area contributed by atoms with E-state index in [1.165, 1.54) is 34.6 Å². The Morgan fingerprint density at radius 3 is 1.94 bits per heavy atom. The molecule has 3 heterocycles. The molecule has 7 rings (SSSR count). The number of nitrogens with one attached hydrogen (secondary N) is 1. The Kier molecular flexibility index (Phi) is 10.8. The number of anilines is 2. The molecule has 0 radical (unpaired) electrons.